The Morgan fingerprint density at radius 3 is 2.91 bits per heavy atom. The summed E-state index contributed by atoms with van der Waals surface area (Å²) < 4.78 is 31.7. The number of anilines is 1. The number of aromatic nitrogens is 1. The Hall–Kier alpha value is -1.18. The molecule has 7 heteroatoms. The molecule has 2 heterocycles. The molecule has 0 radical (unpaired) electrons. The van der Waals surface area contributed by atoms with Crippen molar-refractivity contribution in [3.8, 4) is 0 Å². The number of sulfonamides is 1. The van der Waals surface area contributed by atoms with Crippen LogP contribution in [0.2, 0.25) is 0 Å². The Morgan fingerprint density at radius 1 is 1.43 bits per heavy atom. The average Bonchev–Trinajstić information content (AvgIpc) is 2.53. The number of ether oxygens (including phenoxy) is 1. The van der Waals surface area contributed by atoms with Gasteiger partial charge in [0.15, 0.2) is 0 Å². The molecule has 1 aliphatic rings. The molecule has 0 aliphatic carbocycles. The van der Waals surface area contributed by atoms with Crippen LogP contribution in [0.1, 0.15) is 25.3 Å². The molecule has 0 amide bonds. The summed E-state index contributed by atoms with van der Waals surface area (Å²) in [5, 5.41) is 0. The van der Waals surface area contributed by atoms with Crippen LogP contribution in [0.5, 0.6) is 0 Å². The zero-order chi connectivity index (χ0) is 16.9. The maximum absolute atomic E-state index is 12.2. The summed E-state index contributed by atoms with van der Waals surface area (Å²) in [6, 6.07) is 4.07. The van der Waals surface area contributed by atoms with Gasteiger partial charge in [0.25, 0.3) is 0 Å². The molecule has 130 valence electrons. The van der Waals surface area contributed by atoms with E-state index in [0.717, 1.165) is 18.7 Å². The maximum Gasteiger partial charge on any atom is 0.214 e. The van der Waals surface area contributed by atoms with Crippen molar-refractivity contribution < 1.29 is 13.2 Å². The number of aryl methyl sites for hydroxylation is 1. The Bertz CT molecular complexity index is 604. The van der Waals surface area contributed by atoms with Crippen molar-refractivity contribution in [1.82, 2.24) is 9.29 Å². The molecule has 1 saturated heterocycles. The highest BCUT2D eigenvalue weighted by Crippen LogP contribution is 2.17. The van der Waals surface area contributed by atoms with Gasteiger partial charge in [0.2, 0.25) is 10.0 Å². The van der Waals surface area contributed by atoms with Crippen LogP contribution < -0.4 is 4.90 Å². The third kappa shape index (κ3) is 5.16. The van der Waals surface area contributed by atoms with Crippen molar-refractivity contribution in [2.24, 2.45) is 0 Å². The number of hydrogen-bond donors (Lipinski definition) is 0. The monoisotopic (exact) mass is 341 g/mol. The quantitative estimate of drug-likeness (QED) is 0.752. The lowest BCUT2D eigenvalue weighted by Gasteiger charge is -2.32. The van der Waals surface area contributed by atoms with Gasteiger partial charge < -0.3 is 9.64 Å². The van der Waals surface area contributed by atoms with E-state index in [1.165, 1.54) is 5.56 Å². The number of nitrogens with zero attached hydrogens (tertiary/aromatic N) is 3. The minimum atomic E-state index is -3.13. The second-order valence-electron chi connectivity index (χ2n) is 6.12. The molecule has 0 unspecified atom stereocenters. The van der Waals surface area contributed by atoms with E-state index >= 15 is 0 Å². The van der Waals surface area contributed by atoms with Crippen molar-refractivity contribution in [2.75, 3.05) is 44.4 Å². The molecule has 1 aromatic rings. The zero-order valence-electron chi connectivity index (χ0n) is 14.2. The topological polar surface area (TPSA) is 62.7 Å². The van der Waals surface area contributed by atoms with Crippen LogP contribution >= 0.6 is 0 Å². The lowest BCUT2D eigenvalue weighted by molar-refractivity contribution is -0.00525. The lowest BCUT2D eigenvalue weighted by Crippen LogP contribution is -2.46. The third-order valence-electron chi connectivity index (χ3n) is 3.98. The van der Waals surface area contributed by atoms with Crippen molar-refractivity contribution in [2.45, 2.75) is 32.3 Å². The van der Waals surface area contributed by atoms with E-state index in [4.69, 9.17) is 4.74 Å². The molecule has 2 rings (SSSR count). The maximum atomic E-state index is 12.2. The van der Waals surface area contributed by atoms with Crippen molar-refractivity contribution in [1.29, 1.82) is 0 Å². The van der Waals surface area contributed by atoms with Gasteiger partial charge in [-0.1, -0.05) is 6.92 Å². The van der Waals surface area contributed by atoms with E-state index in [9.17, 15) is 8.42 Å². The number of hydrogen-bond acceptors (Lipinski definition) is 5. The fourth-order valence-electron chi connectivity index (χ4n) is 2.69. The van der Waals surface area contributed by atoms with Crippen LogP contribution in [0.25, 0.3) is 0 Å². The standard InChI is InChI=1S/C16H27N3O3S/c1-4-11-23(20,21)19-9-10-22-15(13-19)6-5-14-7-8-17-16(12-14)18(2)3/h7-8,12,15H,4-6,9-11,13H2,1-3H3/t15-/m0/s1. The van der Waals surface area contributed by atoms with E-state index in [0.29, 0.717) is 26.1 Å². The van der Waals surface area contributed by atoms with E-state index in [1.54, 1.807) is 4.31 Å². The van der Waals surface area contributed by atoms with Gasteiger partial charge in [0, 0.05) is 33.4 Å². The second-order valence-corrected chi connectivity index (χ2v) is 8.21. The molecular formula is C16H27N3O3S. The van der Waals surface area contributed by atoms with E-state index in [1.807, 2.05) is 38.2 Å². The van der Waals surface area contributed by atoms with Crippen LogP contribution in [0, 0.1) is 0 Å². The van der Waals surface area contributed by atoms with Crippen LogP contribution in [-0.2, 0) is 21.2 Å². The molecule has 6 nitrogen and oxygen atoms in total. The van der Waals surface area contributed by atoms with Gasteiger partial charge in [-0.25, -0.2) is 13.4 Å². The molecule has 1 aliphatic heterocycles. The van der Waals surface area contributed by atoms with Gasteiger partial charge >= 0.3 is 0 Å². The largest absolute Gasteiger partial charge is 0.375 e. The molecule has 23 heavy (non-hydrogen) atoms. The van der Waals surface area contributed by atoms with Crippen LogP contribution in [0.4, 0.5) is 5.82 Å². The molecule has 1 atom stereocenters. The average molecular weight is 341 g/mol. The molecule has 0 N–H and O–H groups in total. The van der Waals surface area contributed by atoms with Crippen LogP contribution in [0.3, 0.4) is 0 Å². The lowest BCUT2D eigenvalue weighted by atomic mass is 10.1. The summed E-state index contributed by atoms with van der Waals surface area (Å²) in [5.74, 6) is 1.15. The first kappa shape index (κ1) is 18.2. The van der Waals surface area contributed by atoms with Crippen molar-refractivity contribution in [3.05, 3.63) is 23.9 Å². The van der Waals surface area contributed by atoms with Crippen LogP contribution in [0.15, 0.2) is 18.3 Å². The van der Waals surface area contributed by atoms with Gasteiger partial charge in [-0.2, -0.15) is 4.31 Å². The van der Waals surface area contributed by atoms with Gasteiger partial charge in [-0.3, -0.25) is 0 Å². The van der Waals surface area contributed by atoms with E-state index < -0.39 is 10.0 Å². The fourth-order valence-corrected chi connectivity index (χ4v) is 4.22. The highest BCUT2D eigenvalue weighted by molar-refractivity contribution is 7.89. The minimum Gasteiger partial charge on any atom is -0.375 e. The first-order valence-corrected chi connectivity index (χ1v) is 9.75. The molecule has 1 fully saturated rings. The highest BCUT2D eigenvalue weighted by atomic mass is 32.2. The van der Waals surface area contributed by atoms with Crippen molar-refractivity contribution >= 4 is 15.8 Å². The Labute approximate surface area is 139 Å². The SMILES string of the molecule is CCCS(=O)(=O)N1CCO[C@@H](CCc2ccnc(N(C)C)c2)C1. The fraction of sp³-hybridized carbons (Fsp3) is 0.688. The summed E-state index contributed by atoms with van der Waals surface area (Å²) in [6.07, 6.45) is 4.09. The van der Waals surface area contributed by atoms with Crippen LogP contribution in [-0.4, -0.2) is 63.4 Å². The second kappa shape index (κ2) is 8.08. The smallest absolute Gasteiger partial charge is 0.214 e. The number of rotatable bonds is 7. The minimum absolute atomic E-state index is 0.0358. The molecule has 0 aromatic carbocycles. The van der Waals surface area contributed by atoms with Gasteiger partial charge in [0.1, 0.15) is 5.82 Å². The number of pyridine rings is 1. The molecule has 0 spiro atoms. The Balaban J connectivity index is 1.92. The molecule has 0 saturated carbocycles. The van der Waals surface area contributed by atoms with Gasteiger partial charge in [0.05, 0.1) is 18.5 Å². The third-order valence-corrected chi connectivity index (χ3v) is 6.02. The molecular weight excluding hydrogens is 314 g/mol. The molecule has 1 aromatic heterocycles. The summed E-state index contributed by atoms with van der Waals surface area (Å²) in [4.78, 5) is 6.28. The summed E-state index contributed by atoms with van der Waals surface area (Å²) in [7, 11) is 0.800. The van der Waals surface area contributed by atoms with Crippen molar-refractivity contribution in [3.63, 3.8) is 0 Å². The Morgan fingerprint density at radius 2 is 2.22 bits per heavy atom. The van der Waals surface area contributed by atoms with E-state index in [2.05, 4.69) is 11.1 Å². The van der Waals surface area contributed by atoms with Gasteiger partial charge in [-0.15, -0.1) is 0 Å². The number of morpholine rings is 1. The Kier molecular flexibility index (Phi) is 6.38. The summed E-state index contributed by atoms with van der Waals surface area (Å²) in [6.45, 7) is 3.31. The molecule has 0 bridgehead atoms. The first-order chi connectivity index (χ1) is 10.9. The normalized spacial score (nSPS) is 19.7. The highest BCUT2D eigenvalue weighted by Gasteiger charge is 2.28. The van der Waals surface area contributed by atoms with E-state index in [-0.39, 0.29) is 11.9 Å². The summed E-state index contributed by atoms with van der Waals surface area (Å²) >= 11 is 0. The zero-order valence-corrected chi connectivity index (χ0v) is 15.1. The van der Waals surface area contributed by atoms with Gasteiger partial charge in [-0.05, 0) is 37.0 Å². The summed E-state index contributed by atoms with van der Waals surface area (Å²) in [5.41, 5.74) is 1.20. The first-order valence-electron chi connectivity index (χ1n) is 8.14. The predicted molar refractivity (Wildman–Crippen MR) is 92.3 cm³/mol. The predicted octanol–water partition coefficient (Wildman–Crippen LogP) is 1.52.